The van der Waals surface area contributed by atoms with E-state index in [0.717, 1.165) is 36.8 Å². The summed E-state index contributed by atoms with van der Waals surface area (Å²) in [5.74, 6) is -2.78. The number of carboxylic acid groups (broad SMARTS) is 2. The van der Waals surface area contributed by atoms with Gasteiger partial charge >= 0.3 is 23.1 Å². The van der Waals surface area contributed by atoms with Gasteiger partial charge in [0.2, 0.25) is 0 Å². The summed E-state index contributed by atoms with van der Waals surface area (Å²) in [5.41, 5.74) is 1.75. The summed E-state index contributed by atoms with van der Waals surface area (Å²) in [6.45, 7) is 4.54. The summed E-state index contributed by atoms with van der Waals surface area (Å²) in [6, 6.07) is 19.0. The molecular weight excluding hydrogens is 665 g/mol. The van der Waals surface area contributed by atoms with Crippen molar-refractivity contribution in [2.75, 3.05) is 0 Å². The number of rotatable bonds is 34. The predicted octanol–water partition coefficient (Wildman–Crippen LogP) is 12.4. The van der Waals surface area contributed by atoms with Gasteiger partial charge in [-0.2, -0.15) is 0 Å². The SMILES string of the molecule is CCCCCCCCCCCCCCCCC(C(=O)[O-])c1ccccc1.CCCCCCCCCCCCCCCCC(C(=O)[O-])c1ccccc1.[Mg+2]. The van der Waals surface area contributed by atoms with Crippen LogP contribution in [0.1, 0.15) is 229 Å². The molecular formula is C48H78MgO4. The summed E-state index contributed by atoms with van der Waals surface area (Å²) >= 11 is 0. The van der Waals surface area contributed by atoms with Gasteiger partial charge in [-0.1, -0.05) is 254 Å². The third kappa shape index (κ3) is 30.1. The Balaban J connectivity index is 0.00000100. The van der Waals surface area contributed by atoms with Crippen LogP contribution in [0.4, 0.5) is 0 Å². The summed E-state index contributed by atoms with van der Waals surface area (Å²) in [7, 11) is 0. The van der Waals surface area contributed by atoms with Gasteiger partial charge in [-0.15, -0.1) is 0 Å². The largest absolute Gasteiger partial charge is 2.00 e. The van der Waals surface area contributed by atoms with Crippen LogP contribution in [0.2, 0.25) is 0 Å². The van der Waals surface area contributed by atoms with Crippen LogP contribution in [-0.2, 0) is 9.59 Å². The Morgan fingerprint density at radius 3 is 0.792 bits per heavy atom. The summed E-state index contributed by atoms with van der Waals surface area (Å²) in [6.07, 6.45) is 38.4. The van der Waals surface area contributed by atoms with Crippen molar-refractivity contribution in [2.45, 2.75) is 218 Å². The molecule has 0 aliphatic heterocycles. The molecule has 0 saturated carbocycles. The number of carbonyl (C=O) groups is 2. The number of hydrogen-bond acceptors (Lipinski definition) is 4. The van der Waals surface area contributed by atoms with Gasteiger partial charge in [0.25, 0.3) is 0 Å². The molecule has 2 aromatic carbocycles. The first kappa shape index (κ1) is 51.1. The molecule has 0 bridgehead atoms. The van der Waals surface area contributed by atoms with Gasteiger partial charge in [0, 0.05) is 23.8 Å². The van der Waals surface area contributed by atoms with E-state index in [1.165, 1.54) is 154 Å². The summed E-state index contributed by atoms with van der Waals surface area (Å²) in [4.78, 5) is 22.7. The standard InChI is InChI=1S/2C24H40O2.Mg/c2*1-2-3-4-5-6-7-8-9-10-11-12-13-14-18-21-23(24(25)26)22-19-16-15-17-20-22;/h2*15-17,19-20,23H,2-14,18,21H2,1H3,(H,25,26);/q;;+2/p-2. The Labute approximate surface area is 343 Å². The minimum absolute atomic E-state index is 0. The molecule has 0 aliphatic rings. The average molecular weight is 743 g/mol. The van der Waals surface area contributed by atoms with Crippen LogP contribution in [0.25, 0.3) is 0 Å². The summed E-state index contributed by atoms with van der Waals surface area (Å²) in [5, 5.41) is 22.7. The first-order chi connectivity index (χ1) is 25.5. The Bertz CT molecular complexity index is 974. The number of benzene rings is 2. The van der Waals surface area contributed by atoms with Crippen molar-refractivity contribution in [1.82, 2.24) is 0 Å². The molecule has 2 unspecified atom stereocenters. The van der Waals surface area contributed by atoms with Gasteiger partial charge in [0.05, 0.1) is 0 Å². The Morgan fingerprint density at radius 2 is 0.585 bits per heavy atom. The molecule has 4 nitrogen and oxygen atoms in total. The third-order valence-electron chi connectivity index (χ3n) is 10.7. The third-order valence-corrected chi connectivity index (χ3v) is 10.7. The van der Waals surface area contributed by atoms with E-state index in [9.17, 15) is 19.8 Å². The molecule has 2 atom stereocenters. The fourth-order valence-corrected chi connectivity index (χ4v) is 7.30. The van der Waals surface area contributed by atoms with E-state index >= 15 is 0 Å². The molecule has 0 aromatic heterocycles. The van der Waals surface area contributed by atoms with Crippen molar-refractivity contribution in [1.29, 1.82) is 0 Å². The Morgan fingerprint density at radius 1 is 0.377 bits per heavy atom. The smallest absolute Gasteiger partial charge is 0.549 e. The van der Waals surface area contributed by atoms with Gasteiger partial charge in [0.1, 0.15) is 0 Å². The van der Waals surface area contributed by atoms with Crippen molar-refractivity contribution in [3.8, 4) is 0 Å². The van der Waals surface area contributed by atoms with Crippen molar-refractivity contribution in [3.63, 3.8) is 0 Å². The van der Waals surface area contributed by atoms with Crippen LogP contribution in [0.5, 0.6) is 0 Å². The molecule has 53 heavy (non-hydrogen) atoms. The molecule has 0 N–H and O–H groups in total. The molecule has 2 aromatic rings. The monoisotopic (exact) mass is 743 g/mol. The van der Waals surface area contributed by atoms with Gasteiger partial charge in [-0.05, 0) is 24.0 Å². The van der Waals surface area contributed by atoms with Crippen molar-refractivity contribution >= 4 is 35.0 Å². The van der Waals surface area contributed by atoms with Gasteiger partial charge < -0.3 is 19.8 Å². The van der Waals surface area contributed by atoms with Crippen LogP contribution >= 0.6 is 0 Å². The molecule has 296 valence electrons. The molecule has 5 heteroatoms. The molecule has 0 radical (unpaired) electrons. The minimum Gasteiger partial charge on any atom is -0.549 e. The zero-order valence-electron chi connectivity index (χ0n) is 34.5. The topological polar surface area (TPSA) is 80.3 Å². The molecule has 0 aliphatic carbocycles. The van der Waals surface area contributed by atoms with E-state index in [-0.39, 0.29) is 23.1 Å². The number of hydrogen-bond donors (Lipinski definition) is 0. The van der Waals surface area contributed by atoms with Gasteiger partial charge in [-0.3, -0.25) is 0 Å². The molecule has 0 heterocycles. The zero-order chi connectivity index (χ0) is 37.7. The maximum Gasteiger partial charge on any atom is 2.00 e. The number of unbranched alkanes of at least 4 members (excludes halogenated alkanes) is 26. The van der Waals surface area contributed by atoms with Gasteiger partial charge in [-0.25, -0.2) is 0 Å². The summed E-state index contributed by atoms with van der Waals surface area (Å²) < 4.78 is 0. The molecule has 0 fully saturated rings. The van der Waals surface area contributed by atoms with Crippen LogP contribution in [-0.4, -0.2) is 35.0 Å². The number of aliphatic carboxylic acids is 2. The van der Waals surface area contributed by atoms with Crippen LogP contribution < -0.4 is 10.2 Å². The first-order valence-electron chi connectivity index (χ1n) is 22.0. The van der Waals surface area contributed by atoms with Crippen molar-refractivity contribution in [3.05, 3.63) is 71.8 Å². The maximum atomic E-state index is 11.4. The molecule has 2 rings (SSSR count). The number of carbonyl (C=O) groups excluding carboxylic acids is 2. The quantitative estimate of drug-likeness (QED) is 0.0528. The second kappa shape index (κ2) is 38.4. The number of carboxylic acids is 2. The van der Waals surface area contributed by atoms with E-state index in [1.54, 1.807) is 0 Å². The second-order valence-corrected chi connectivity index (χ2v) is 15.3. The fraction of sp³-hybridized carbons (Fsp3) is 0.708. The van der Waals surface area contributed by atoms with E-state index < -0.39 is 23.8 Å². The normalized spacial score (nSPS) is 12.0. The van der Waals surface area contributed by atoms with Crippen molar-refractivity contribution in [2.24, 2.45) is 0 Å². The molecule has 0 spiro atoms. The minimum atomic E-state index is -0.939. The molecule has 0 amide bonds. The maximum absolute atomic E-state index is 11.4. The zero-order valence-corrected chi connectivity index (χ0v) is 35.9. The van der Waals surface area contributed by atoms with Crippen molar-refractivity contribution < 1.29 is 19.8 Å². The van der Waals surface area contributed by atoms with Crippen LogP contribution in [0, 0.1) is 0 Å². The first-order valence-corrected chi connectivity index (χ1v) is 22.0. The van der Waals surface area contributed by atoms with E-state index in [2.05, 4.69) is 13.8 Å². The second-order valence-electron chi connectivity index (χ2n) is 15.3. The van der Waals surface area contributed by atoms with E-state index in [1.807, 2.05) is 60.7 Å². The van der Waals surface area contributed by atoms with Crippen LogP contribution in [0.3, 0.4) is 0 Å². The average Bonchev–Trinajstić information content (AvgIpc) is 3.15. The molecule has 0 saturated heterocycles. The van der Waals surface area contributed by atoms with Gasteiger partial charge in [0.15, 0.2) is 0 Å². The van der Waals surface area contributed by atoms with E-state index in [0.29, 0.717) is 12.8 Å². The Kier molecular flexibility index (Phi) is 37.1. The predicted molar refractivity (Wildman–Crippen MR) is 224 cm³/mol. The van der Waals surface area contributed by atoms with E-state index in [4.69, 9.17) is 0 Å². The fourth-order valence-electron chi connectivity index (χ4n) is 7.30. The van der Waals surface area contributed by atoms with Crippen LogP contribution in [0.15, 0.2) is 60.7 Å². The Hall–Kier alpha value is -1.85.